The minimum Gasteiger partial charge on any atom is -0.333 e. The van der Waals surface area contributed by atoms with Crippen molar-refractivity contribution in [2.24, 2.45) is 5.92 Å². The quantitative estimate of drug-likeness (QED) is 0.743. The zero-order valence-electron chi connectivity index (χ0n) is 17.3. The number of benzene rings is 1. The second-order valence-electron chi connectivity index (χ2n) is 8.46. The Bertz CT molecular complexity index is 1140. The third-order valence-corrected chi connectivity index (χ3v) is 7.42. The van der Waals surface area contributed by atoms with Gasteiger partial charge in [-0.25, -0.2) is 0 Å². The van der Waals surface area contributed by atoms with Gasteiger partial charge in [0.05, 0.1) is 23.7 Å². The second kappa shape index (κ2) is 7.50. The van der Waals surface area contributed by atoms with Gasteiger partial charge in [-0.05, 0) is 48.9 Å². The van der Waals surface area contributed by atoms with Crippen LogP contribution in [0, 0.1) is 17.2 Å². The molecule has 3 aliphatic rings. The normalized spacial score (nSPS) is 18.4. The highest BCUT2D eigenvalue weighted by atomic mass is 32.1. The number of likely N-dealkylation sites (N-methyl/N-ethyl adjacent to an activating group) is 1. The van der Waals surface area contributed by atoms with Crippen LogP contribution in [0.15, 0.2) is 24.3 Å². The zero-order chi connectivity index (χ0) is 21.7. The molecule has 8 heteroatoms. The van der Waals surface area contributed by atoms with Crippen LogP contribution in [-0.2, 0) is 17.8 Å². The van der Waals surface area contributed by atoms with Gasteiger partial charge in [0.15, 0.2) is 0 Å². The van der Waals surface area contributed by atoms with E-state index in [1.165, 1.54) is 16.2 Å². The lowest BCUT2D eigenvalue weighted by molar-refractivity contribution is -0.119. The first-order valence-electron chi connectivity index (χ1n) is 10.5. The lowest BCUT2D eigenvalue weighted by Crippen LogP contribution is -2.38. The number of nitriles is 1. The molecule has 31 heavy (non-hydrogen) atoms. The summed E-state index contributed by atoms with van der Waals surface area (Å²) in [6.45, 7) is 1.67. The van der Waals surface area contributed by atoms with Gasteiger partial charge in [-0.3, -0.25) is 14.4 Å². The van der Waals surface area contributed by atoms with E-state index < -0.39 is 0 Å². The standard InChI is InChI=1S/C23H22N4O3S/c1-25-13-19(28)27(11-14-5-6-14)23-20(22(25)30)17-7-8-26(12-18(17)31-23)21(29)16-4-2-3-15(9-16)10-24/h2-4,9,14H,5-8,11-13H2,1H3. The number of fused-ring (bicyclic) bond motifs is 3. The minimum atomic E-state index is -0.124. The van der Waals surface area contributed by atoms with Crippen LogP contribution in [0.5, 0.6) is 0 Å². The Kier molecular flexibility index (Phi) is 4.78. The average Bonchev–Trinajstić information content (AvgIpc) is 3.54. The molecule has 2 aromatic rings. The van der Waals surface area contributed by atoms with Gasteiger partial charge in [0.2, 0.25) is 5.91 Å². The first-order valence-corrected chi connectivity index (χ1v) is 11.3. The summed E-state index contributed by atoms with van der Waals surface area (Å²) in [5.41, 5.74) is 2.56. The Labute approximate surface area is 184 Å². The number of amides is 3. The van der Waals surface area contributed by atoms with E-state index in [2.05, 4.69) is 6.07 Å². The highest BCUT2D eigenvalue weighted by Crippen LogP contribution is 2.43. The van der Waals surface area contributed by atoms with E-state index >= 15 is 0 Å². The van der Waals surface area contributed by atoms with Crippen molar-refractivity contribution in [2.75, 3.05) is 31.6 Å². The fraction of sp³-hybridized carbons (Fsp3) is 0.391. The highest BCUT2D eigenvalue weighted by molar-refractivity contribution is 7.17. The number of hydrogen-bond donors (Lipinski definition) is 0. The van der Waals surface area contributed by atoms with E-state index in [1.807, 2.05) is 0 Å². The van der Waals surface area contributed by atoms with E-state index in [9.17, 15) is 14.4 Å². The summed E-state index contributed by atoms with van der Waals surface area (Å²) in [6.07, 6.45) is 2.83. The van der Waals surface area contributed by atoms with E-state index in [0.717, 1.165) is 28.3 Å². The topological polar surface area (TPSA) is 84.7 Å². The summed E-state index contributed by atoms with van der Waals surface area (Å²) >= 11 is 1.47. The second-order valence-corrected chi connectivity index (χ2v) is 9.55. The van der Waals surface area contributed by atoms with Crippen LogP contribution in [0.25, 0.3) is 0 Å². The molecule has 0 N–H and O–H groups in total. The molecule has 5 rings (SSSR count). The molecule has 158 valence electrons. The van der Waals surface area contributed by atoms with Crippen LogP contribution in [0.1, 0.15) is 49.6 Å². The smallest absolute Gasteiger partial charge is 0.257 e. The van der Waals surface area contributed by atoms with Crippen molar-refractivity contribution in [3.63, 3.8) is 0 Å². The van der Waals surface area contributed by atoms with E-state index in [4.69, 9.17) is 5.26 Å². The number of carbonyl (C=O) groups is 3. The monoisotopic (exact) mass is 434 g/mol. The molecule has 3 heterocycles. The molecule has 1 aliphatic carbocycles. The first-order chi connectivity index (χ1) is 15.0. The van der Waals surface area contributed by atoms with E-state index in [-0.39, 0.29) is 24.3 Å². The summed E-state index contributed by atoms with van der Waals surface area (Å²) in [4.78, 5) is 45.1. The molecule has 2 aliphatic heterocycles. The third kappa shape index (κ3) is 3.49. The molecule has 0 bridgehead atoms. The van der Waals surface area contributed by atoms with Crippen LogP contribution in [-0.4, -0.2) is 54.2 Å². The number of rotatable bonds is 3. The molecule has 3 amide bonds. The SMILES string of the molecule is CN1CC(=O)N(CC2CC2)c2sc3c(c2C1=O)CCN(C(=O)c1cccc(C#N)c1)C3. The number of carbonyl (C=O) groups excluding carboxylic acids is 3. The molecular weight excluding hydrogens is 412 g/mol. The Balaban J connectivity index is 1.48. The Morgan fingerprint density at radius 1 is 1.26 bits per heavy atom. The minimum absolute atomic E-state index is 0.0404. The molecule has 0 spiro atoms. The molecule has 1 saturated carbocycles. The Hall–Kier alpha value is -3.18. The molecule has 0 radical (unpaired) electrons. The van der Waals surface area contributed by atoms with Crippen LogP contribution in [0.2, 0.25) is 0 Å². The van der Waals surface area contributed by atoms with Crippen molar-refractivity contribution >= 4 is 34.1 Å². The molecule has 1 aromatic carbocycles. The van der Waals surface area contributed by atoms with Crippen LogP contribution < -0.4 is 4.90 Å². The molecule has 1 fully saturated rings. The number of thiophene rings is 1. The summed E-state index contributed by atoms with van der Waals surface area (Å²) in [5, 5.41) is 9.87. The molecule has 0 unspecified atom stereocenters. The van der Waals surface area contributed by atoms with Gasteiger partial charge < -0.3 is 14.7 Å². The van der Waals surface area contributed by atoms with Gasteiger partial charge in [0.1, 0.15) is 11.5 Å². The van der Waals surface area contributed by atoms with Crippen molar-refractivity contribution in [1.29, 1.82) is 5.26 Å². The molecule has 0 saturated heterocycles. The van der Waals surface area contributed by atoms with Crippen molar-refractivity contribution in [2.45, 2.75) is 25.8 Å². The van der Waals surface area contributed by atoms with Crippen LogP contribution in [0.3, 0.4) is 0 Å². The summed E-state index contributed by atoms with van der Waals surface area (Å²) in [6, 6.07) is 8.78. The highest BCUT2D eigenvalue weighted by Gasteiger charge is 2.39. The zero-order valence-corrected chi connectivity index (χ0v) is 18.1. The maximum Gasteiger partial charge on any atom is 0.257 e. The molecular formula is C23H22N4O3S. The largest absolute Gasteiger partial charge is 0.333 e. The van der Waals surface area contributed by atoms with E-state index in [1.54, 1.807) is 41.1 Å². The Morgan fingerprint density at radius 3 is 2.81 bits per heavy atom. The molecule has 7 nitrogen and oxygen atoms in total. The molecule has 1 aromatic heterocycles. The number of nitrogens with zero attached hydrogens (tertiary/aromatic N) is 4. The lowest BCUT2D eigenvalue weighted by Gasteiger charge is -2.27. The van der Waals surface area contributed by atoms with Crippen LogP contribution in [0.4, 0.5) is 5.00 Å². The van der Waals surface area contributed by atoms with Crippen molar-refractivity contribution in [3.05, 3.63) is 51.4 Å². The maximum absolute atomic E-state index is 13.1. The molecule has 0 atom stereocenters. The number of anilines is 1. The van der Waals surface area contributed by atoms with Crippen molar-refractivity contribution in [3.8, 4) is 6.07 Å². The summed E-state index contributed by atoms with van der Waals surface area (Å²) in [7, 11) is 1.68. The summed E-state index contributed by atoms with van der Waals surface area (Å²) < 4.78 is 0. The third-order valence-electron chi connectivity index (χ3n) is 6.18. The van der Waals surface area contributed by atoms with Crippen molar-refractivity contribution < 1.29 is 14.4 Å². The van der Waals surface area contributed by atoms with Crippen molar-refractivity contribution in [1.82, 2.24) is 9.80 Å². The lowest BCUT2D eigenvalue weighted by atomic mass is 10.0. The fourth-order valence-electron chi connectivity index (χ4n) is 4.28. The predicted octanol–water partition coefficient (Wildman–Crippen LogP) is 2.65. The van der Waals surface area contributed by atoms with E-state index in [0.29, 0.717) is 48.7 Å². The van der Waals surface area contributed by atoms with Gasteiger partial charge in [-0.1, -0.05) is 6.07 Å². The Morgan fingerprint density at radius 2 is 2.06 bits per heavy atom. The number of hydrogen-bond acceptors (Lipinski definition) is 5. The summed E-state index contributed by atoms with van der Waals surface area (Å²) in [5.74, 6) is 0.239. The maximum atomic E-state index is 13.1. The predicted molar refractivity (Wildman–Crippen MR) is 116 cm³/mol. The van der Waals surface area contributed by atoms with Gasteiger partial charge in [0, 0.05) is 30.6 Å². The van der Waals surface area contributed by atoms with Gasteiger partial charge in [-0.2, -0.15) is 5.26 Å². The average molecular weight is 435 g/mol. The van der Waals surface area contributed by atoms with Gasteiger partial charge >= 0.3 is 0 Å². The van der Waals surface area contributed by atoms with Gasteiger partial charge in [0.25, 0.3) is 11.8 Å². The first kappa shape index (κ1) is 19.8. The van der Waals surface area contributed by atoms with Crippen LogP contribution >= 0.6 is 11.3 Å². The fourth-order valence-corrected chi connectivity index (χ4v) is 5.67. The van der Waals surface area contributed by atoms with Gasteiger partial charge in [-0.15, -0.1) is 11.3 Å².